The Morgan fingerprint density at radius 1 is 1.32 bits per heavy atom. The van der Waals surface area contributed by atoms with E-state index in [0.29, 0.717) is 31.1 Å². The van der Waals surface area contributed by atoms with Crippen molar-refractivity contribution in [2.24, 2.45) is 0 Å². The quantitative estimate of drug-likeness (QED) is 0.745. The molecular weight excluding hydrogens is 304 g/mol. The first-order valence-corrected chi connectivity index (χ1v) is 7.68. The SMILES string of the molecule is CCC(=O)N(Cc1ccc(Cl)cc1)[C@@H](C)C(=O)NCCOC. The van der Waals surface area contributed by atoms with E-state index >= 15 is 0 Å². The van der Waals surface area contributed by atoms with Gasteiger partial charge in [-0.15, -0.1) is 0 Å². The van der Waals surface area contributed by atoms with Gasteiger partial charge in [0, 0.05) is 31.6 Å². The van der Waals surface area contributed by atoms with Gasteiger partial charge in [0.15, 0.2) is 0 Å². The lowest BCUT2D eigenvalue weighted by Gasteiger charge is -2.28. The molecule has 0 heterocycles. The number of hydrogen-bond acceptors (Lipinski definition) is 3. The Kier molecular flexibility index (Phi) is 7.91. The third-order valence-corrected chi connectivity index (χ3v) is 3.59. The van der Waals surface area contributed by atoms with Gasteiger partial charge in [-0.25, -0.2) is 0 Å². The van der Waals surface area contributed by atoms with Gasteiger partial charge in [0.1, 0.15) is 6.04 Å². The van der Waals surface area contributed by atoms with Gasteiger partial charge < -0.3 is 15.0 Å². The number of carbonyl (C=O) groups is 2. The second-order valence-electron chi connectivity index (χ2n) is 4.96. The lowest BCUT2D eigenvalue weighted by atomic mass is 10.1. The van der Waals surface area contributed by atoms with Crippen molar-refractivity contribution in [3.05, 3.63) is 34.9 Å². The highest BCUT2D eigenvalue weighted by atomic mass is 35.5. The molecule has 0 spiro atoms. The molecular formula is C16H23ClN2O3. The number of methoxy groups -OCH3 is 1. The highest BCUT2D eigenvalue weighted by Crippen LogP contribution is 2.14. The van der Waals surface area contributed by atoms with Crippen LogP contribution in [0.4, 0.5) is 0 Å². The molecule has 1 atom stereocenters. The van der Waals surface area contributed by atoms with Gasteiger partial charge in [0.2, 0.25) is 11.8 Å². The fourth-order valence-electron chi connectivity index (χ4n) is 2.00. The number of amides is 2. The first-order valence-electron chi connectivity index (χ1n) is 7.30. The zero-order valence-corrected chi connectivity index (χ0v) is 14.0. The zero-order chi connectivity index (χ0) is 16.5. The monoisotopic (exact) mass is 326 g/mol. The summed E-state index contributed by atoms with van der Waals surface area (Å²) in [7, 11) is 1.57. The second-order valence-corrected chi connectivity index (χ2v) is 5.40. The molecule has 0 unspecified atom stereocenters. The maximum absolute atomic E-state index is 12.2. The normalized spacial score (nSPS) is 11.8. The van der Waals surface area contributed by atoms with Crippen molar-refractivity contribution >= 4 is 23.4 Å². The zero-order valence-electron chi connectivity index (χ0n) is 13.3. The van der Waals surface area contributed by atoms with Gasteiger partial charge >= 0.3 is 0 Å². The Balaban J connectivity index is 2.76. The van der Waals surface area contributed by atoms with E-state index in [1.54, 1.807) is 38.0 Å². The van der Waals surface area contributed by atoms with Gasteiger partial charge in [0.25, 0.3) is 0 Å². The molecule has 0 aliphatic rings. The number of ether oxygens (including phenoxy) is 1. The van der Waals surface area contributed by atoms with Gasteiger partial charge in [0.05, 0.1) is 6.61 Å². The predicted molar refractivity (Wildman–Crippen MR) is 86.6 cm³/mol. The summed E-state index contributed by atoms with van der Waals surface area (Å²) in [5.74, 6) is -0.253. The van der Waals surface area contributed by atoms with E-state index in [2.05, 4.69) is 5.32 Å². The second kappa shape index (κ2) is 9.43. The van der Waals surface area contributed by atoms with Crippen molar-refractivity contribution in [3.8, 4) is 0 Å². The molecule has 122 valence electrons. The van der Waals surface area contributed by atoms with Crippen molar-refractivity contribution in [3.63, 3.8) is 0 Å². The van der Waals surface area contributed by atoms with E-state index in [1.807, 2.05) is 12.1 Å². The van der Waals surface area contributed by atoms with E-state index in [9.17, 15) is 9.59 Å². The number of hydrogen-bond donors (Lipinski definition) is 1. The average Bonchev–Trinajstić information content (AvgIpc) is 2.53. The Hall–Kier alpha value is -1.59. The minimum absolute atomic E-state index is 0.0654. The number of benzene rings is 1. The minimum Gasteiger partial charge on any atom is -0.383 e. The molecule has 0 aliphatic heterocycles. The molecule has 1 rings (SSSR count). The summed E-state index contributed by atoms with van der Waals surface area (Å²) in [6.07, 6.45) is 0.350. The van der Waals surface area contributed by atoms with Crippen LogP contribution >= 0.6 is 11.6 Å². The van der Waals surface area contributed by atoms with Crippen molar-refractivity contribution in [2.75, 3.05) is 20.3 Å². The third-order valence-electron chi connectivity index (χ3n) is 3.34. The van der Waals surface area contributed by atoms with E-state index in [-0.39, 0.29) is 11.8 Å². The Morgan fingerprint density at radius 2 is 1.95 bits per heavy atom. The molecule has 0 saturated heterocycles. The summed E-state index contributed by atoms with van der Waals surface area (Å²) in [4.78, 5) is 25.9. The van der Waals surface area contributed by atoms with Crippen LogP contribution in [0.1, 0.15) is 25.8 Å². The van der Waals surface area contributed by atoms with Crippen LogP contribution in [-0.2, 0) is 20.9 Å². The predicted octanol–water partition coefficient (Wildman–Crippen LogP) is 2.23. The highest BCUT2D eigenvalue weighted by molar-refractivity contribution is 6.30. The number of nitrogens with one attached hydrogen (secondary N) is 1. The van der Waals surface area contributed by atoms with Crippen LogP contribution < -0.4 is 5.32 Å². The smallest absolute Gasteiger partial charge is 0.242 e. The van der Waals surface area contributed by atoms with E-state index < -0.39 is 6.04 Å². The van der Waals surface area contributed by atoms with Crippen LogP contribution in [-0.4, -0.2) is 43.0 Å². The minimum atomic E-state index is -0.542. The van der Waals surface area contributed by atoms with Gasteiger partial charge in [-0.3, -0.25) is 9.59 Å². The van der Waals surface area contributed by atoms with Crippen molar-refractivity contribution in [2.45, 2.75) is 32.9 Å². The largest absolute Gasteiger partial charge is 0.383 e. The van der Waals surface area contributed by atoms with Crippen LogP contribution in [0.3, 0.4) is 0 Å². The fraction of sp³-hybridized carbons (Fsp3) is 0.500. The van der Waals surface area contributed by atoms with Crippen LogP contribution in [0, 0.1) is 0 Å². The Bertz CT molecular complexity index is 491. The average molecular weight is 327 g/mol. The summed E-state index contributed by atoms with van der Waals surface area (Å²) in [5, 5.41) is 3.40. The topological polar surface area (TPSA) is 58.6 Å². The van der Waals surface area contributed by atoms with E-state index in [0.717, 1.165) is 5.56 Å². The van der Waals surface area contributed by atoms with Crippen molar-refractivity contribution in [1.29, 1.82) is 0 Å². The van der Waals surface area contributed by atoms with Crippen molar-refractivity contribution < 1.29 is 14.3 Å². The lowest BCUT2D eigenvalue weighted by Crippen LogP contribution is -2.48. The molecule has 1 aromatic carbocycles. The molecule has 1 aromatic rings. The van der Waals surface area contributed by atoms with Crippen LogP contribution in [0.15, 0.2) is 24.3 Å². The van der Waals surface area contributed by atoms with Gasteiger partial charge in [-0.05, 0) is 24.6 Å². The molecule has 5 nitrogen and oxygen atoms in total. The molecule has 2 amide bonds. The lowest BCUT2D eigenvalue weighted by molar-refractivity contribution is -0.140. The van der Waals surface area contributed by atoms with Crippen LogP contribution in [0.5, 0.6) is 0 Å². The third kappa shape index (κ3) is 5.66. The molecule has 0 fully saturated rings. The summed E-state index contributed by atoms with van der Waals surface area (Å²) < 4.78 is 4.90. The standard InChI is InChI=1S/C16H23ClN2O3/c1-4-15(20)19(11-13-5-7-14(17)8-6-13)12(2)16(21)18-9-10-22-3/h5-8,12H,4,9-11H2,1-3H3,(H,18,21)/t12-/m0/s1. The van der Waals surface area contributed by atoms with Gasteiger partial charge in [-0.2, -0.15) is 0 Å². The molecule has 22 heavy (non-hydrogen) atoms. The maximum atomic E-state index is 12.2. The molecule has 1 N–H and O–H groups in total. The maximum Gasteiger partial charge on any atom is 0.242 e. The summed E-state index contributed by atoms with van der Waals surface area (Å²) >= 11 is 5.87. The number of carbonyl (C=O) groups excluding carboxylic acids is 2. The Morgan fingerprint density at radius 3 is 2.50 bits per heavy atom. The fourth-order valence-corrected chi connectivity index (χ4v) is 2.12. The Labute approximate surface area is 136 Å². The van der Waals surface area contributed by atoms with E-state index in [4.69, 9.17) is 16.3 Å². The summed E-state index contributed by atoms with van der Waals surface area (Å²) in [6.45, 7) is 4.76. The summed E-state index contributed by atoms with van der Waals surface area (Å²) in [5.41, 5.74) is 0.933. The first kappa shape index (κ1) is 18.5. The molecule has 6 heteroatoms. The highest BCUT2D eigenvalue weighted by Gasteiger charge is 2.24. The van der Waals surface area contributed by atoms with Crippen LogP contribution in [0.25, 0.3) is 0 Å². The molecule has 0 saturated carbocycles. The molecule has 0 aromatic heterocycles. The molecule has 0 radical (unpaired) electrons. The number of rotatable bonds is 8. The van der Waals surface area contributed by atoms with Crippen molar-refractivity contribution in [1.82, 2.24) is 10.2 Å². The molecule has 0 aliphatic carbocycles. The van der Waals surface area contributed by atoms with Crippen LogP contribution in [0.2, 0.25) is 5.02 Å². The number of halogens is 1. The molecule has 0 bridgehead atoms. The number of nitrogens with zero attached hydrogens (tertiary/aromatic N) is 1. The van der Waals surface area contributed by atoms with Gasteiger partial charge in [-0.1, -0.05) is 30.7 Å². The van der Waals surface area contributed by atoms with E-state index in [1.165, 1.54) is 0 Å². The first-order chi connectivity index (χ1) is 10.5. The summed E-state index contributed by atoms with van der Waals surface area (Å²) in [6, 6.07) is 6.71.